The molecule has 0 bridgehead atoms. The maximum absolute atomic E-state index is 12.3. The van der Waals surface area contributed by atoms with Crippen LogP contribution in [-0.4, -0.2) is 16.9 Å². The van der Waals surface area contributed by atoms with E-state index in [-0.39, 0.29) is 11.4 Å². The second-order valence-corrected chi connectivity index (χ2v) is 5.87. The molecule has 0 aromatic heterocycles. The molecule has 1 atom stereocenters. The Bertz CT molecular complexity index is 792. The molecule has 7 heteroatoms. The van der Waals surface area contributed by atoms with Crippen molar-refractivity contribution in [2.45, 2.75) is 26.9 Å². The van der Waals surface area contributed by atoms with Gasteiger partial charge in [0, 0.05) is 16.8 Å². The fourth-order valence-electron chi connectivity index (χ4n) is 2.08. The van der Waals surface area contributed by atoms with Crippen LogP contribution in [0.25, 0.3) is 0 Å². The van der Waals surface area contributed by atoms with Crippen LogP contribution < -0.4 is 10.1 Å². The maximum atomic E-state index is 12.3. The zero-order chi connectivity index (χ0) is 17.9. The van der Waals surface area contributed by atoms with E-state index in [1.807, 2.05) is 6.92 Å². The number of nitro groups is 1. The van der Waals surface area contributed by atoms with Crippen LogP contribution in [0.15, 0.2) is 36.4 Å². The number of carbonyl (C=O) groups is 1. The smallest absolute Gasteiger partial charge is 0.311 e. The number of nitrogens with zero attached hydrogens (tertiary/aromatic N) is 1. The molecule has 0 aliphatic heterocycles. The molecule has 126 valence electrons. The van der Waals surface area contributed by atoms with E-state index in [9.17, 15) is 14.9 Å². The number of nitro benzene ring substituents is 1. The summed E-state index contributed by atoms with van der Waals surface area (Å²) >= 11 is 5.92. The summed E-state index contributed by atoms with van der Waals surface area (Å²) in [4.78, 5) is 22.9. The van der Waals surface area contributed by atoms with E-state index in [1.54, 1.807) is 31.2 Å². The molecule has 0 spiro atoms. The van der Waals surface area contributed by atoms with E-state index in [0.717, 1.165) is 11.1 Å². The molecule has 1 unspecified atom stereocenters. The molecule has 0 heterocycles. The molecule has 24 heavy (non-hydrogen) atoms. The highest BCUT2D eigenvalue weighted by Gasteiger charge is 2.21. The standard InChI is InChI=1S/C17H17ClN2O4/c1-10-4-7-16(15(8-10)20(22)23)24-12(3)17(21)19-14-9-13(18)6-5-11(14)2/h4-9,12H,1-3H3,(H,19,21). The predicted molar refractivity (Wildman–Crippen MR) is 92.7 cm³/mol. The fraction of sp³-hybridized carbons (Fsp3) is 0.235. The number of carbonyl (C=O) groups excluding carboxylic acids is 1. The average Bonchev–Trinajstić information content (AvgIpc) is 2.52. The molecule has 0 aliphatic carbocycles. The van der Waals surface area contributed by atoms with E-state index >= 15 is 0 Å². The number of hydrogen-bond donors (Lipinski definition) is 1. The van der Waals surface area contributed by atoms with E-state index in [2.05, 4.69) is 5.32 Å². The van der Waals surface area contributed by atoms with Gasteiger partial charge >= 0.3 is 5.69 Å². The quantitative estimate of drug-likeness (QED) is 0.646. The molecule has 2 aromatic carbocycles. The molecular formula is C17H17ClN2O4. The van der Waals surface area contributed by atoms with Crippen LogP contribution in [0, 0.1) is 24.0 Å². The van der Waals surface area contributed by atoms with E-state index < -0.39 is 16.9 Å². The first-order valence-corrected chi connectivity index (χ1v) is 7.64. The van der Waals surface area contributed by atoms with Crippen LogP contribution in [0.4, 0.5) is 11.4 Å². The molecule has 6 nitrogen and oxygen atoms in total. The number of rotatable bonds is 5. The van der Waals surface area contributed by atoms with Gasteiger partial charge in [-0.25, -0.2) is 0 Å². The van der Waals surface area contributed by atoms with Gasteiger partial charge in [-0.2, -0.15) is 0 Å². The third kappa shape index (κ3) is 4.23. The molecule has 0 radical (unpaired) electrons. The second kappa shape index (κ2) is 7.31. The Kier molecular flexibility index (Phi) is 5.41. The fourth-order valence-corrected chi connectivity index (χ4v) is 2.25. The minimum atomic E-state index is -0.912. The monoisotopic (exact) mass is 348 g/mol. The van der Waals surface area contributed by atoms with Crippen molar-refractivity contribution >= 4 is 28.9 Å². The number of ether oxygens (including phenoxy) is 1. The number of anilines is 1. The van der Waals surface area contributed by atoms with Gasteiger partial charge in [-0.15, -0.1) is 0 Å². The lowest BCUT2D eigenvalue weighted by Crippen LogP contribution is -2.30. The minimum absolute atomic E-state index is 0.0519. The zero-order valence-electron chi connectivity index (χ0n) is 13.5. The Balaban J connectivity index is 2.15. The lowest BCUT2D eigenvalue weighted by atomic mass is 10.2. The Morgan fingerprint density at radius 3 is 2.62 bits per heavy atom. The number of aryl methyl sites for hydroxylation is 2. The average molecular weight is 349 g/mol. The van der Waals surface area contributed by atoms with Gasteiger partial charge in [0.15, 0.2) is 11.9 Å². The molecule has 1 amide bonds. The van der Waals surface area contributed by atoms with Crippen LogP contribution in [-0.2, 0) is 4.79 Å². The predicted octanol–water partition coefficient (Wildman–Crippen LogP) is 4.27. The van der Waals surface area contributed by atoms with Crippen molar-refractivity contribution in [2.24, 2.45) is 0 Å². The van der Waals surface area contributed by atoms with E-state index in [4.69, 9.17) is 16.3 Å². The first kappa shape index (κ1) is 17.7. The number of amides is 1. The Morgan fingerprint density at radius 2 is 1.96 bits per heavy atom. The summed E-state index contributed by atoms with van der Waals surface area (Å²) in [6.45, 7) is 5.11. The van der Waals surface area contributed by atoms with E-state index in [0.29, 0.717) is 10.7 Å². The van der Waals surface area contributed by atoms with Crippen LogP contribution >= 0.6 is 11.6 Å². The Labute approximate surface area is 144 Å². The maximum Gasteiger partial charge on any atom is 0.311 e. The summed E-state index contributed by atoms with van der Waals surface area (Å²) in [6.07, 6.45) is -0.912. The van der Waals surface area contributed by atoms with Crippen molar-refractivity contribution in [1.82, 2.24) is 0 Å². The van der Waals surface area contributed by atoms with Crippen molar-refractivity contribution in [1.29, 1.82) is 0 Å². The van der Waals surface area contributed by atoms with Crippen LogP contribution in [0.5, 0.6) is 5.75 Å². The molecule has 2 aromatic rings. The van der Waals surface area contributed by atoms with Gasteiger partial charge in [0.1, 0.15) is 0 Å². The first-order valence-electron chi connectivity index (χ1n) is 7.26. The van der Waals surface area contributed by atoms with Gasteiger partial charge in [-0.05, 0) is 50.1 Å². The van der Waals surface area contributed by atoms with Crippen molar-refractivity contribution in [3.8, 4) is 5.75 Å². The summed E-state index contributed by atoms with van der Waals surface area (Å²) in [5, 5.41) is 14.3. The summed E-state index contributed by atoms with van der Waals surface area (Å²) in [5.41, 5.74) is 1.98. The zero-order valence-corrected chi connectivity index (χ0v) is 14.3. The van der Waals surface area contributed by atoms with Crippen LogP contribution in [0.2, 0.25) is 5.02 Å². The first-order chi connectivity index (χ1) is 11.3. The third-order valence-corrected chi connectivity index (χ3v) is 3.68. The normalized spacial score (nSPS) is 11.7. The van der Waals surface area contributed by atoms with Gasteiger partial charge in [-0.3, -0.25) is 14.9 Å². The van der Waals surface area contributed by atoms with E-state index in [1.165, 1.54) is 19.1 Å². The summed E-state index contributed by atoms with van der Waals surface area (Å²) in [6, 6.07) is 9.73. The summed E-state index contributed by atoms with van der Waals surface area (Å²) < 4.78 is 5.48. The number of halogens is 1. The molecule has 0 fully saturated rings. The lowest BCUT2D eigenvalue weighted by Gasteiger charge is -2.16. The molecule has 0 aliphatic rings. The number of nitrogens with one attached hydrogen (secondary N) is 1. The molecule has 2 rings (SSSR count). The second-order valence-electron chi connectivity index (χ2n) is 5.44. The lowest BCUT2D eigenvalue weighted by molar-refractivity contribution is -0.386. The van der Waals surface area contributed by atoms with Gasteiger partial charge in [0.25, 0.3) is 5.91 Å². The number of hydrogen-bond acceptors (Lipinski definition) is 4. The minimum Gasteiger partial charge on any atom is -0.474 e. The molecule has 0 saturated carbocycles. The van der Waals surface area contributed by atoms with Gasteiger partial charge in [-0.1, -0.05) is 23.7 Å². The van der Waals surface area contributed by atoms with Crippen molar-refractivity contribution in [2.75, 3.05) is 5.32 Å². The Morgan fingerprint density at radius 1 is 1.25 bits per heavy atom. The van der Waals surface area contributed by atoms with Gasteiger partial charge in [0.05, 0.1) is 4.92 Å². The largest absolute Gasteiger partial charge is 0.474 e. The van der Waals surface area contributed by atoms with Gasteiger partial charge in [0.2, 0.25) is 0 Å². The van der Waals surface area contributed by atoms with Crippen molar-refractivity contribution < 1.29 is 14.5 Å². The van der Waals surface area contributed by atoms with Crippen LogP contribution in [0.1, 0.15) is 18.1 Å². The molecule has 1 N–H and O–H groups in total. The number of benzene rings is 2. The molecule has 0 saturated heterocycles. The van der Waals surface area contributed by atoms with Crippen molar-refractivity contribution in [3.63, 3.8) is 0 Å². The van der Waals surface area contributed by atoms with Crippen LogP contribution in [0.3, 0.4) is 0 Å². The summed E-state index contributed by atoms with van der Waals surface area (Å²) in [7, 11) is 0. The topological polar surface area (TPSA) is 81.5 Å². The molecular weight excluding hydrogens is 332 g/mol. The highest BCUT2D eigenvalue weighted by Crippen LogP contribution is 2.29. The van der Waals surface area contributed by atoms with Gasteiger partial charge < -0.3 is 10.1 Å². The Hall–Kier alpha value is -2.60. The third-order valence-electron chi connectivity index (χ3n) is 3.44. The highest BCUT2D eigenvalue weighted by molar-refractivity contribution is 6.31. The summed E-state index contributed by atoms with van der Waals surface area (Å²) in [5.74, 6) is -0.369. The SMILES string of the molecule is Cc1ccc(OC(C)C(=O)Nc2cc(Cl)ccc2C)c([N+](=O)[O-])c1. The highest BCUT2D eigenvalue weighted by atomic mass is 35.5. The van der Waals surface area contributed by atoms with Crippen molar-refractivity contribution in [3.05, 3.63) is 62.7 Å².